The first-order valence-electron chi connectivity index (χ1n) is 9.50. The molecule has 0 aromatic heterocycles. The van der Waals surface area contributed by atoms with E-state index in [1.807, 2.05) is 12.1 Å². The summed E-state index contributed by atoms with van der Waals surface area (Å²) in [5, 5.41) is 3.45. The number of likely N-dealkylation sites (tertiary alicyclic amines) is 1. The van der Waals surface area contributed by atoms with Crippen LogP contribution in [0.3, 0.4) is 0 Å². The average molecular weight is 385 g/mol. The van der Waals surface area contributed by atoms with E-state index < -0.39 is 0 Å². The lowest BCUT2D eigenvalue weighted by atomic mass is 10.1. The van der Waals surface area contributed by atoms with Gasteiger partial charge in [0.15, 0.2) is 5.78 Å². The molecule has 1 aliphatic rings. The molecule has 3 rings (SSSR count). The molecule has 1 saturated heterocycles. The predicted molar refractivity (Wildman–Crippen MR) is 109 cm³/mol. The van der Waals surface area contributed by atoms with Gasteiger partial charge in [-0.2, -0.15) is 0 Å². The lowest BCUT2D eigenvalue weighted by molar-refractivity contribution is -0.116. The molecule has 0 bridgehead atoms. The van der Waals surface area contributed by atoms with E-state index in [0.29, 0.717) is 10.6 Å². The summed E-state index contributed by atoms with van der Waals surface area (Å²) in [5.41, 5.74) is 2.60. The number of anilines is 1. The molecule has 0 spiro atoms. The van der Waals surface area contributed by atoms with E-state index in [1.165, 1.54) is 37.9 Å². The van der Waals surface area contributed by atoms with Crippen LogP contribution in [0.1, 0.15) is 48.0 Å². The van der Waals surface area contributed by atoms with E-state index >= 15 is 0 Å². The van der Waals surface area contributed by atoms with Crippen LogP contribution in [-0.2, 0) is 11.3 Å². The number of carbonyl (C=O) groups excluding carboxylic acids is 2. The number of amides is 1. The van der Waals surface area contributed by atoms with Crippen molar-refractivity contribution in [1.82, 2.24) is 4.90 Å². The average Bonchev–Trinajstić information content (AvgIpc) is 2.69. The largest absolute Gasteiger partial charge is 0.326 e. The van der Waals surface area contributed by atoms with Crippen molar-refractivity contribution < 1.29 is 9.59 Å². The number of piperidine rings is 1. The number of Topliss-reactive ketones (excluding diaryl/α,β-unsaturated/α-hetero) is 1. The standard InChI is InChI=1S/C22H25ClN2O2/c23-19-8-6-18(7-9-19)21(26)12-13-22(27)24-20-10-4-17(5-11-20)16-25-14-2-1-3-15-25/h4-11H,1-3,12-16H2,(H,24,27). The lowest BCUT2D eigenvalue weighted by Gasteiger charge is -2.26. The van der Waals surface area contributed by atoms with Crippen LogP contribution >= 0.6 is 11.6 Å². The van der Waals surface area contributed by atoms with Crippen LogP contribution in [0.4, 0.5) is 5.69 Å². The first-order valence-corrected chi connectivity index (χ1v) is 9.88. The van der Waals surface area contributed by atoms with E-state index in [1.54, 1.807) is 24.3 Å². The minimum atomic E-state index is -0.152. The van der Waals surface area contributed by atoms with Crippen molar-refractivity contribution in [2.45, 2.75) is 38.6 Å². The highest BCUT2D eigenvalue weighted by Crippen LogP contribution is 2.16. The highest BCUT2D eigenvalue weighted by molar-refractivity contribution is 6.30. The van der Waals surface area contributed by atoms with Crippen LogP contribution in [0.5, 0.6) is 0 Å². The van der Waals surface area contributed by atoms with Crippen LogP contribution < -0.4 is 5.32 Å². The maximum Gasteiger partial charge on any atom is 0.224 e. The van der Waals surface area contributed by atoms with Crippen LogP contribution in [0.25, 0.3) is 0 Å². The fourth-order valence-corrected chi connectivity index (χ4v) is 3.43. The zero-order chi connectivity index (χ0) is 19.1. The summed E-state index contributed by atoms with van der Waals surface area (Å²) in [4.78, 5) is 26.7. The van der Waals surface area contributed by atoms with E-state index in [0.717, 1.165) is 12.2 Å². The summed E-state index contributed by atoms with van der Waals surface area (Å²) in [6, 6.07) is 14.7. The first-order chi connectivity index (χ1) is 13.1. The minimum Gasteiger partial charge on any atom is -0.326 e. The Morgan fingerprint density at radius 2 is 1.56 bits per heavy atom. The number of hydrogen-bond donors (Lipinski definition) is 1. The van der Waals surface area contributed by atoms with Crippen LogP contribution in [0.15, 0.2) is 48.5 Å². The summed E-state index contributed by atoms with van der Waals surface area (Å²) in [7, 11) is 0. The maximum atomic E-state index is 12.1. The number of nitrogens with zero attached hydrogens (tertiary/aromatic N) is 1. The highest BCUT2D eigenvalue weighted by atomic mass is 35.5. The van der Waals surface area contributed by atoms with Crippen molar-refractivity contribution in [1.29, 1.82) is 0 Å². The number of carbonyl (C=O) groups is 2. The summed E-state index contributed by atoms with van der Waals surface area (Å²) in [6.45, 7) is 3.30. The number of benzene rings is 2. The molecule has 0 unspecified atom stereocenters. The van der Waals surface area contributed by atoms with E-state index in [4.69, 9.17) is 11.6 Å². The SMILES string of the molecule is O=C(CCC(=O)c1ccc(Cl)cc1)Nc1ccc(CN2CCCCC2)cc1. The van der Waals surface area contributed by atoms with Gasteiger partial charge in [-0.25, -0.2) is 0 Å². The third-order valence-electron chi connectivity index (χ3n) is 4.84. The Labute approximate surface area is 165 Å². The van der Waals surface area contributed by atoms with E-state index in [9.17, 15) is 9.59 Å². The van der Waals surface area contributed by atoms with Crippen molar-refractivity contribution in [2.75, 3.05) is 18.4 Å². The monoisotopic (exact) mass is 384 g/mol. The van der Waals surface area contributed by atoms with Gasteiger partial charge < -0.3 is 5.32 Å². The third-order valence-corrected chi connectivity index (χ3v) is 5.09. The van der Waals surface area contributed by atoms with E-state index in [2.05, 4.69) is 22.3 Å². The van der Waals surface area contributed by atoms with Gasteiger partial charge in [-0.15, -0.1) is 0 Å². The zero-order valence-electron chi connectivity index (χ0n) is 15.4. The molecule has 0 atom stereocenters. The summed E-state index contributed by atoms with van der Waals surface area (Å²) in [6.07, 6.45) is 4.24. The molecule has 1 amide bonds. The lowest BCUT2D eigenvalue weighted by Crippen LogP contribution is -2.29. The number of halogens is 1. The number of ketones is 1. The predicted octanol–water partition coefficient (Wildman–Crippen LogP) is 4.93. The normalized spacial score (nSPS) is 14.7. The van der Waals surface area contributed by atoms with Gasteiger partial charge in [0, 0.05) is 35.7 Å². The molecular weight excluding hydrogens is 360 g/mol. The van der Waals surface area contributed by atoms with Gasteiger partial charge in [-0.1, -0.05) is 30.2 Å². The Hall–Kier alpha value is -2.17. The van der Waals surface area contributed by atoms with Gasteiger partial charge in [-0.05, 0) is 67.9 Å². The molecular formula is C22H25ClN2O2. The molecule has 1 heterocycles. The van der Waals surface area contributed by atoms with Crippen molar-refractivity contribution in [3.63, 3.8) is 0 Å². The molecule has 0 radical (unpaired) electrons. The fourth-order valence-electron chi connectivity index (χ4n) is 3.30. The molecule has 0 aliphatic carbocycles. The van der Waals surface area contributed by atoms with Crippen molar-refractivity contribution in [3.8, 4) is 0 Å². The first kappa shape index (κ1) is 19.6. The highest BCUT2D eigenvalue weighted by Gasteiger charge is 2.11. The fraction of sp³-hybridized carbons (Fsp3) is 0.364. The van der Waals surface area contributed by atoms with Crippen LogP contribution in [0.2, 0.25) is 5.02 Å². The zero-order valence-corrected chi connectivity index (χ0v) is 16.2. The molecule has 1 N–H and O–H groups in total. The summed E-state index contributed by atoms with van der Waals surface area (Å²) < 4.78 is 0. The molecule has 0 saturated carbocycles. The molecule has 1 aliphatic heterocycles. The van der Waals surface area contributed by atoms with Gasteiger partial charge in [0.25, 0.3) is 0 Å². The van der Waals surface area contributed by atoms with Crippen LogP contribution in [0, 0.1) is 0 Å². The molecule has 2 aromatic carbocycles. The Bertz CT molecular complexity index is 766. The molecule has 5 heteroatoms. The Kier molecular flexibility index (Phi) is 7.02. The topological polar surface area (TPSA) is 49.4 Å². The molecule has 142 valence electrons. The van der Waals surface area contributed by atoms with Crippen LogP contribution in [-0.4, -0.2) is 29.7 Å². The molecule has 2 aromatic rings. The third kappa shape index (κ3) is 6.19. The maximum absolute atomic E-state index is 12.1. The van der Waals surface area contributed by atoms with Crippen molar-refractivity contribution in [3.05, 3.63) is 64.7 Å². The van der Waals surface area contributed by atoms with Gasteiger partial charge in [0.1, 0.15) is 0 Å². The minimum absolute atomic E-state index is 0.0568. The molecule has 1 fully saturated rings. The Morgan fingerprint density at radius 3 is 2.22 bits per heavy atom. The second-order valence-electron chi connectivity index (χ2n) is 7.01. The van der Waals surface area contributed by atoms with Gasteiger partial charge in [0.05, 0.1) is 0 Å². The smallest absolute Gasteiger partial charge is 0.224 e. The van der Waals surface area contributed by atoms with Gasteiger partial charge in [-0.3, -0.25) is 14.5 Å². The summed E-state index contributed by atoms with van der Waals surface area (Å²) >= 11 is 5.82. The second-order valence-corrected chi connectivity index (χ2v) is 7.45. The quantitative estimate of drug-likeness (QED) is 0.689. The number of hydrogen-bond acceptors (Lipinski definition) is 3. The van der Waals surface area contributed by atoms with Gasteiger partial charge >= 0.3 is 0 Å². The number of rotatable bonds is 7. The van der Waals surface area contributed by atoms with Gasteiger partial charge in [0.2, 0.25) is 5.91 Å². The Morgan fingerprint density at radius 1 is 0.889 bits per heavy atom. The molecule has 4 nitrogen and oxygen atoms in total. The number of nitrogens with one attached hydrogen (secondary N) is 1. The van der Waals surface area contributed by atoms with Crippen molar-refractivity contribution in [2.24, 2.45) is 0 Å². The molecule has 27 heavy (non-hydrogen) atoms. The summed E-state index contributed by atoms with van der Waals surface area (Å²) in [5.74, 6) is -0.209. The van der Waals surface area contributed by atoms with Crippen molar-refractivity contribution >= 4 is 29.0 Å². The Balaban J connectivity index is 1.44. The van der Waals surface area contributed by atoms with E-state index in [-0.39, 0.29) is 24.5 Å². The second kappa shape index (κ2) is 9.67.